The van der Waals surface area contributed by atoms with Gasteiger partial charge in [0.1, 0.15) is 0 Å². The quantitative estimate of drug-likeness (QED) is 0.361. The number of aliphatic imine (C=N–C) groups is 1. The maximum absolute atomic E-state index is 13.3. The minimum atomic E-state index is -0.990. The number of thioether (sulfide) groups is 1. The van der Waals surface area contributed by atoms with Crippen molar-refractivity contribution in [3.05, 3.63) is 97.8 Å². The molecule has 0 radical (unpaired) electrons. The summed E-state index contributed by atoms with van der Waals surface area (Å²) < 4.78 is 1.86. The molecule has 1 fully saturated rings. The lowest BCUT2D eigenvalue weighted by Crippen LogP contribution is -2.28. The van der Waals surface area contributed by atoms with E-state index in [1.807, 2.05) is 48.5 Å². The van der Waals surface area contributed by atoms with Crippen molar-refractivity contribution < 1.29 is 14.7 Å². The number of rotatable bonds is 4. The van der Waals surface area contributed by atoms with Crippen LogP contribution in [0.1, 0.15) is 15.9 Å². The van der Waals surface area contributed by atoms with Crippen molar-refractivity contribution in [2.24, 2.45) is 4.99 Å². The van der Waals surface area contributed by atoms with Gasteiger partial charge >= 0.3 is 5.97 Å². The van der Waals surface area contributed by atoms with E-state index in [1.54, 1.807) is 23.1 Å². The van der Waals surface area contributed by atoms with Crippen molar-refractivity contribution in [3.8, 4) is 0 Å². The lowest BCUT2D eigenvalue weighted by molar-refractivity contribution is -0.113. The number of benzene rings is 3. The monoisotopic (exact) mass is 556 g/mol. The number of carbonyl (C=O) groups is 2. The van der Waals surface area contributed by atoms with Crippen LogP contribution in [-0.4, -0.2) is 22.2 Å². The average molecular weight is 558 g/mol. The summed E-state index contributed by atoms with van der Waals surface area (Å²) in [5.41, 5.74) is 2.37. The molecule has 0 aromatic heterocycles. The average Bonchev–Trinajstić information content (AvgIpc) is 3.05. The third kappa shape index (κ3) is 4.98. The van der Waals surface area contributed by atoms with Crippen molar-refractivity contribution >= 4 is 78.1 Å². The number of nitrogens with zero attached hydrogens (tertiary/aromatic N) is 2. The minimum absolute atomic E-state index is 0.189. The zero-order chi connectivity index (χ0) is 22.0. The van der Waals surface area contributed by atoms with Gasteiger partial charge in [0, 0.05) is 8.95 Å². The first-order chi connectivity index (χ1) is 14.9. The molecule has 154 valence electrons. The number of amidine groups is 1. The Kier molecular flexibility index (Phi) is 6.41. The van der Waals surface area contributed by atoms with E-state index in [0.717, 1.165) is 20.2 Å². The van der Waals surface area contributed by atoms with Crippen LogP contribution in [0, 0.1) is 0 Å². The van der Waals surface area contributed by atoms with Crippen molar-refractivity contribution in [2.45, 2.75) is 0 Å². The van der Waals surface area contributed by atoms with Gasteiger partial charge in [-0.15, -0.1) is 0 Å². The maximum Gasteiger partial charge on any atom is 0.335 e. The normalized spacial score (nSPS) is 16.3. The largest absolute Gasteiger partial charge is 0.478 e. The van der Waals surface area contributed by atoms with Crippen molar-refractivity contribution in [1.29, 1.82) is 0 Å². The third-order valence-electron chi connectivity index (χ3n) is 4.40. The van der Waals surface area contributed by atoms with Crippen molar-refractivity contribution in [3.63, 3.8) is 0 Å². The minimum Gasteiger partial charge on any atom is -0.478 e. The Morgan fingerprint density at radius 3 is 2.06 bits per heavy atom. The fourth-order valence-electron chi connectivity index (χ4n) is 2.87. The number of anilines is 1. The molecule has 0 aliphatic carbocycles. The first kappa shape index (κ1) is 21.5. The molecule has 1 aliphatic rings. The fourth-order valence-corrected chi connectivity index (χ4v) is 4.40. The molecule has 31 heavy (non-hydrogen) atoms. The molecule has 1 amide bonds. The Morgan fingerprint density at radius 1 is 0.903 bits per heavy atom. The van der Waals surface area contributed by atoms with Gasteiger partial charge in [0.2, 0.25) is 0 Å². The Balaban J connectivity index is 1.73. The lowest BCUT2D eigenvalue weighted by Gasteiger charge is -2.15. The summed E-state index contributed by atoms with van der Waals surface area (Å²) in [7, 11) is 0. The molecule has 0 unspecified atom stereocenters. The Bertz CT molecular complexity index is 1210. The highest BCUT2D eigenvalue weighted by atomic mass is 79.9. The first-order valence-electron chi connectivity index (χ1n) is 9.08. The Labute approximate surface area is 199 Å². The summed E-state index contributed by atoms with van der Waals surface area (Å²) in [6.45, 7) is 0. The van der Waals surface area contributed by atoms with Gasteiger partial charge in [-0.1, -0.05) is 44.0 Å². The zero-order valence-electron chi connectivity index (χ0n) is 15.8. The highest BCUT2D eigenvalue weighted by molar-refractivity contribution is 9.10. The zero-order valence-corrected chi connectivity index (χ0v) is 19.8. The number of hydrogen-bond donors (Lipinski definition) is 1. The van der Waals surface area contributed by atoms with Gasteiger partial charge in [0.15, 0.2) is 5.17 Å². The number of carbonyl (C=O) groups excluding carboxylic acids is 1. The number of aromatic carboxylic acids is 1. The summed E-state index contributed by atoms with van der Waals surface area (Å²) in [4.78, 5) is 31.1. The highest BCUT2D eigenvalue weighted by Gasteiger charge is 2.34. The van der Waals surface area contributed by atoms with E-state index in [4.69, 9.17) is 10.1 Å². The van der Waals surface area contributed by atoms with Crippen LogP contribution in [0.5, 0.6) is 0 Å². The molecule has 5 nitrogen and oxygen atoms in total. The van der Waals surface area contributed by atoms with Crippen molar-refractivity contribution in [2.75, 3.05) is 4.90 Å². The van der Waals surface area contributed by atoms with E-state index in [-0.39, 0.29) is 11.5 Å². The summed E-state index contributed by atoms with van der Waals surface area (Å²) in [5.74, 6) is -1.18. The van der Waals surface area contributed by atoms with Crippen LogP contribution >= 0.6 is 43.6 Å². The molecule has 0 spiro atoms. The van der Waals surface area contributed by atoms with Gasteiger partial charge in [-0.2, -0.15) is 0 Å². The van der Waals surface area contributed by atoms with Gasteiger partial charge in [-0.3, -0.25) is 9.69 Å². The first-order valence-corrected chi connectivity index (χ1v) is 11.5. The predicted molar refractivity (Wildman–Crippen MR) is 132 cm³/mol. The second-order valence-electron chi connectivity index (χ2n) is 6.53. The highest BCUT2D eigenvalue weighted by Crippen LogP contribution is 2.37. The van der Waals surface area contributed by atoms with Crippen LogP contribution in [0.3, 0.4) is 0 Å². The topological polar surface area (TPSA) is 70.0 Å². The molecule has 1 heterocycles. The molecule has 3 aromatic carbocycles. The van der Waals surface area contributed by atoms with Crippen molar-refractivity contribution in [1.82, 2.24) is 0 Å². The lowest BCUT2D eigenvalue weighted by atomic mass is 10.1. The molecule has 4 rings (SSSR count). The number of carboxylic acids is 1. The number of hydrogen-bond acceptors (Lipinski definition) is 4. The van der Waals surface area contributed by atoms with Gasteiger partial charge < -0.3 is 5.11 Å². The second kappa shape index (κ2) is 9.21. The summed E-state index contributed by atoms with van der Waals surface area (Å²) in [6, 6.07) is 21.4. The standard InChI is InChI=1S/C23H14Br2N2O3S/c24-16-5-9-18(10-6-16)26-23-27(19-11-7-17(25)8-12-19)21(28)20(31-23)13-14-1-3-15(4-2-14)22(29)30/h1-13H,(H,29,30)/b20-13+,26-23?. The van der Waals surface area contributed by atoms with E-state index in [1.165, 1.54) is 23.9 Å². The SMILES string of the molecule is O=C(O)c1ccc(/C=C2/SC(=Nc3ccc(Br)cc3)N(c3ccc(Br)cc3)C2=O)cc1. The van der Waals surface area contributed by atoms with Crippen LogP contribution in [0.2, 0.25) is 0 Å². The molecule has 0 bridgehead atoms. The van der Waals surface area contributed by atoms with Gasteiger partial charge in [-0.25, -0.2) is 9.79 Å². The third-order valence-corrected chi connectivity index (χ3v) is 6.42. The van der Waals surface area contributed by atoms with Gasteiger partial charge in [0.25, 0.3) is 5.91 Å². The van der Waals surface area contributed by atoms with Crippen LogP contribution in [0.25, 0.3) is 6.08 Å². The molecular formula is C23H14Br2N2O3S. The Hall–Kier alpha value is -2.68. The van der Waals surface area contributed by atoms with Gasteiger partial charge in [0.05, 0.1) is 21.8 Å². The van der Waals surface area contributed by atoms with Crippen LogP contribution in [0.15, 0.2) is 91.6 Å². The van der Waals surface area contributed by atoms with E-state index in [0.29, 0.717) is 15.8 Å². The molecule has 3 aromatic rings. The predicted octanol–water partition coefficient (Wildman–Crippen LogP) is 6.72. The second-order valence-corrected chi connectivity index (χ2v) is 9.37. The van der Waals surface area contributed by atoms with Crippen LogP contribution in [-0.2, 0) is 4.79 Å². The molecule has 1 saturated heterocycles. The molecule has 0 saturated carbocycles. The Morgan fingerprint density at radius 2 is 1.48 bits per heavy atom. The fraction of sp³-hybridized carbons (Fsp3) is 0. The summed E-state index contributed by atoms with van der Waals surface area (Å²) >= 11 is 8.11. The number of carboxylic acid groups (broad SMARTS) is 1. The molecule has 8 heteroatoms. The van der Waals surface area contributed by atoms with E-state index in [2.05, 4.69) is 31.9 Å². The molecular weight excluding hydrogens is 544 g/mol. The van der Waals surface area contributed by atoms with Crippen LogP contribution in [0.4, 0.5) is 11.4 Å². The maximum atomic E-state index is 13.3. The molecule has 0 atom stereocenters. The van der Waals surface area contributed by atoms with Gasteiger partial charge in [-0.05, 0) is 84.1 Å². The number of amides is 1. The smallest absolute Gasteiger partial charge is 0.335 e. The van der Waals surface area contributed by atoms with E-state index in [9.17, 15) is 9.59 Å². The summed E-state index contributed by atoms with van der Waals surface area (Å²) in [5, 5.41) is 9.62. The molecule has 1 N–H and O–H groups in total. The molecule has 1 aliphatic heterocycles. The summed E-state index contributed by atoms with van der Waals surface area (Å²) in [6.07, 6.45) is 1.74. The van der Waals surface area contributed by atoms with E-state index >= 15 is 0 Å². The number of halogens is 2. The van der Waals surface area contributed by atoms with E-state index < -0.39 is 5.97 Å². The van der Waals surface area contributed by atoms with Crippen LogP contribution < -0.4 is 4.90 Å².